The molecule has 0 saturated carbocycles. The first-order valence-electron chi connectivity index (χ1n) is 45.6. The highest BCUT2D eigenvalue weighted by Gasteiger charge is 2.46. The molecule has 17 amide bonds. The summed E-state index contributed by atoms with van der Waals surface area (Å²) < 4.78 is 0. The van der Waals surface area contributed by atoms with Crippen molar-refractivity contribution in [3.63, 3.8) is 0 Å². The summed E-state index contributed by atoms with van der Waals surface area (Å²) in [6.45, 7) is 6.60. The number of phenols is 1. The Labute approximate surface area is 780 Å². The van der Waals surface area contributed by atoms with Crippen LogP contribution in [0.2, 0.25) is 0 Å². The van der Waals surface area contributed by atoms with E-state index in [0.29, 0.717) is 69.9 Å². The lowest BCUT2D eigenvalue weighted by Gasteiger charge is -2.36. The number of nitrogens with two attached hydrogens (primary N) is 3. The van der Waals surface area contributed by atoms with Gasteiger partial charge in [-0.25, -0.2) is 4.98 Å². The van der Waals surface area contributed by atoms with Gasteiger partial charge in [-0.1, -0.05) is 108 Å². The number of nitrogens with zero attached hydrogens (tertiary/aromatic N) is 6. The Kier molecular flexibility index (Phi) is 38.7. The molecule has 2 saturated heterocycles. The highest BCUT2D eigenvalue weighted by Crippen LogP contribution is 2.28. The third kappa shape index (κ3) is 29.1. The van der Waals surface area contributed by atoms with Crippen LogP contribution in [0, 0.1) is 11.3 Å². The zero-order valence-corrected chi connectivity index (χ0v) is 77.3. The largest absolute Gasteiger partial charge is 0.508 e. The zero-order chi connectivity index (χ0) is 98.4. The van der Waals surface area contributed by atoms with Gasteiger partial charge in [-0.3, -0.25) is 86.9 Å². The summed E-state index contributed by atoms with van der Waals surface area (Å²) in [5, 5.41) is 59.8. The molecule has 2 fully saturated rings. The van der Waals surface area contributed by atoms with Gasteiger partial charge < -0.3 is 125 Å². The monoisotopic (exact) mass is 1870 g/mol. The highest BCUT2D eigenvalue weighted by molar-refractivity contribution is 6.03. The molecule has 0 radical (unpaired) electrons. The number of aliphatic hydroxyl groups is 1. The minimum atomic E-state index is -1.85. The van der Waals surface area contributed by atoms with Crippen LogP contribution in [0.1, 0.15) is 153 Å². The van der Waals surface area contributed by atoms with E-state index in [0.717, 1.165) is 31.8 Å². The van der Waals surface area contributed by atoms with Crippen LogP contribution in [0.25, 0.3) is 21.8 Å². The van der Waals surface area contributed by atoms with Crippen molar-refractivity contribution in [1.82, 2.24) is 103 Å². The predicted octanol–water partition coefficient (Wildman–Crippen LogP) is -1.69. The second-order valence-corrected chi connectivity index (χ2v) is 34.8. The van der Waals surface area contributed by atoms with Gasteiger partial charge >= 0.3 is 0 Å². The van der Waals surface area contributed by atoms with Crippen molar-refractivity contribution in [3.05, 3.63) is 132 Å². The Morgan fingerprint density at radius 1 is 0.519 bits per heavy atom. The molecule has 3 unspecified atom stereocenters. The smallest absolute Gasteiger partial charge is 0.246 e. The molecule has 730 valence electrons. The number of aromatic nitrogens is 4. The molecular weight excluding hydrogens is 1750 g/mol. The van der Waals surface area contributed by atoms with Crippen molar-refractivity contribution in [2.45, 2.75) is 241 Å². The number of imidazole rings is 1. The van der Waals surface area contributed by atoms with Crippen molar-refractivity contribution in [2.75, 3.05) is 53.9 Å². The number of likely N-dealkylation sites (N-methyl/N-ethyl adjacent to an activating group) is 3. The van der Waals surface area contributed by atoms with Crippen LogP contribution in [0.15, 0.2) is 110 Å². The van der Waals surface area contributed by atoms with Crippen LogP contribution in [0.4, 0.5) is 0 Å². The predicted molar refractivity (Wildman–Crippen MR) is 495 cm³/mol. The Morgan fingerprint density at radius 2 is 1.02 bits per heavy atom. The van der Waals surface area contributed by atoms with E-state index < -0.39 is 217 Å². The lowest BCUT2D eigenvalue weighted by Crippen LogP contribution is -2.62. The standard InChI is InChI=1S/C92H128N24O19/c1-9-11-27-71-84(128)105-63(26-18-36-98-92(95)96)80(124)104-62(79(123)101-48-76(94)120)25-17-31-77(121)103-67(40-53-32-34-57(118)35-33-53)87(131)112(6)52(5)78(122)108-69(44-75(93)119)90(134)116-38-20-30-73(116)86(130)107-65(43-56-47-97-50-102-56)82(126)109-66(39-51(3)4)89(133)115-37-19-29-72(115)85(129)106-64(41-54-45-99-60-23-15-13-21-58(54)60)81(125)111-70(49-117)83(127)110-68(42-55-46-100-61-24-16-14-22-59(55)61)88(132)114(8)74(28-12-10-2)91(135)113(71)7/h13-17,21-24,31-35,45-47,50-52,62-74,99-100,117-118H,9-12,18-20,25-30,36-44,48-49H2,1-8H3,(H2,93,119)(H2,94,120)(H,97,102)(H,101,123)(H,103,121)(H,104,124)(H,105,128)(H,106,129)(H,107,130)(H,108,122)(H,109,126)(H,110,127)(H,111,125)(H4,95,96,98)/t52-,62-,63?,64-,65-,66-,67-,68-,69-,70-,71-,72?,73?,74-/m0/s1. The molecule has 3 aliphatic heterocycles. The second-order valence-electron chi connectivity index (χ2n) is 34.8. The number of H-pyrrole nitrogens is 3. The first-order chi connectivity index (χ1) is 64.4. The molecule has 6 aromatic rings. The van der Waals surface area contributed by atoms with E-state index in [-0.39, 0.29) is 115 Å². The number of guanidine groups is 1. The summed E-state index contributed by atoms with van der Waals surface area (Å²) in [5.74, 6) is -16.6. The maximum absolute atomic E-state index is 15.8. The van der Waals surface area contributed by atoms with Gasteiger partial charge in [0, 0.05) is 113 Å². The topological polar surface area (TPSA) is 641 Å². The van der Waals surface area contributed by atoms with Crippen LogP contribution >= 0.6 is 0 Å². The van der Waals surface area contributed by atoms with E-state index >= 15 is 38.4 Å². The number of carbonyl (C=O) groups is 17. The van der Waals surface area contributed by atoms with E-state index in [9.17, 15) is 53.4 Å². The number of phenolic OH excluding ortho intramolecular Hbond substituents is 1. The lowest BCUT2D eigenvalue weighted by atomic mass is 10.00. The first-order valence-corrected chi connectivity index (χ1v) is 45.6. The van der Waals surface area contributed by atoms with E-state index in [2.05, 4.69) is 78.4 Å². The summed E-state index contributed by atoms with van der Waals surface area (Å²) >= 11 is 0. The number of aliphatic hydroxyl groups excluding tert-OH is 1. The number of aromatic hydroxyl groups is 1. The SMILES string of the molecule is CCCC[C@H]1C(=O)N(C)[C@@H](CCCC)C(=O)NC(CCCNC(=N)N)C(=O)N[C@H](C(=O)NCC(N)=O)CC=CC(=O)N[C@@H](Cc2ccc(O)cc2)C(=O)N(C)[C@@H](C)C(=O)N[C@@H](CC(N)=O)C(=O)N2CCCC2C(=O)N[C@@H](Cc2cnc[nH]2)C(=O)N[C@@H](CC(C)C)C(=O)N2CCCC2C(=O)N[C@@H](Cc2c[nH]c3ccccc23)C(=O)N[C@@H](CO)C(=O)N[C@@H](Cc2c[nH]c3ccccc23)C(=O)N1C. The number of fused-ring (bicyclic) bond motifs is 4. The van der Waals surface area contributed by atoms with E-state index in [1.807, 2.05) is 13.8 Å². The number of hydrogen-bond acceptors (Lipinski definition) is 21. The Balaban J connectivity index is 1.11. The van der Waals surface area contributed by atoms with Gasteiger partial charge in [0.25, 0.3) is 0 Å². The molecular formula is C92H128N24O19. The van der Waals surface area contributed by atoms with Gasteiger partial charge in [-0.15, -0.1) is 0 Å². The number of carbonyl (C=O) groups excluding carboxylic acids is 17. The minimum Gasteiger partial charge on any atom is -0.508 e. The number of amides is 17. The summed E-state index contributed by atoms with van der Waals surface area (Å²) in [6, 6.07) is -1.58. The molecule has 43 nitrogen and oxygen atoms in total. The van der Waals surface area contributed by atoms with Gasteiger partial charge in [-0.2, -0.15) is 0 Å². The van der Waals surface area contributed by atoms with E-state index in [4.69, 9.17) is 22.6 Å². The molecule has 43 heteroatoms. The third-order valence-electron chi connectivity index (χ3n) is 24.4. The Morgan fingerprint density at radius 3 is 1.58 bits per heavy atom. The minimum absolute atomic E-state index is 0.00177. The van der Waals surface area contributed by atoms with E-state index in [1.54, 1.807) is 74.8 Å². The number of para-hydroxylation sites is 2. The average Bonchev–Trinajstić information content (AvgIpc) is 1.75. The van der Waals surface area contributed by atoms with Crippen molar-refractivity contribution >= 4 is 128 Å². The van der Waals surface area contributed by atoms with Crippen molar-refractivity contribution in [3.8, 4) is 5.75 Å². The van der Waals surface area contributed by atoms with E-state index in [1.165, 1.54) is 69.8 Å². The zero-order valence-electron chi connectivity index (χ0n) is 77.3. The van der Waals surface area contributed by atoms with Gasteiger partial charge in [0.15, 0.2) is 5.96 Å². The number of unbranched alkanes of at least 4 members (excludes halogenated alkanes) is 2. The van der Waals surface area contributed by atoms with Crippen LogP contribution in [-0.2, 0) is 107 Å². The van der Waals surface area contributed by atoms with Crippen LogP contribution in [-0.4, -0.2) is 300 Å². The van der Waals surface area contributed by atoms with Crippen LogP contribution in [0.5, 0.6) is 5.75 Å². The number of benzene rings is 3. The molecule has 3 aliphatic rings. The summed E-state index contributed by atoms with van der Waals surface area (Å²) in [4.78, 5) is 269. The van der Waals surface area contributed by atoms with Crippen molar-refractivity contribution in [2.24, 2.45) is 23.1 Å². The summed E-state index contributed by atoms with van der Waals surface area (Å²) in [6.07, 6.45) is 7.62. The van der Waals surface area contributed by atoms with Crippen LogP contribution in [0.3, 0.4) is 0 Å². The number of primary amides is 2. The Hall–Kier alpha value is -14.3. The number of hydrogen-bond donors (Lipinski definition) is 20. The molecule has 3 aromatic heterocycles. The normalized spacial score (nSPS) is 24.1. The fraction of sp³-hybridized carbons (Fsp3) is 0.511. The summed E-state index contributed by atoms with van der Waals surface area (Å²) in [5.41, 5.74) is 19.9. The average molecular weight is 1870 g/mol. The number of aromatic amines is 3. The van der Waals surface area contributed by atoms with Gasteiger partial charge in [0.1, 0.15) is 90.3 Å². The molecule has 3 aromatic carbocycles. The fourth-order valence-electron chi connectivity index (χ4n) is 16.9. The number of nitrogens with one attached hydrogen (secondary N) is 15. The van der Waals surface area contributed by atoms with Crippen molar-refractivity contribution < 1.29 is 91.7 Å². The molecule has 0 bridgehead atoms. The van der Waals surface area contributed by atoms with Gasteiger partial charge in [0.2, 0.25) is 100 Å². The molecule has 0 aliphatic carbocycles. The molecule has 135 heavy (non-hydrogen) atoms. The van der Waals surface area contributed by atoms with Gasteiger partial charge in [-0.05, 0) is 124 Å². The fourth-order valence-corrected chi connectivity index (χ4v) is 16.9. The third-order valence-corrected chi connectivity index (χ3v) is 24.4. The quantitative estimate of drug-likeness (QED) is 0.0164. The molecule has 23 N–H and O–H groups in total. The maximum Gasteiger partial charge on any atom is 0.246 e. The maximum atomic E-state index is 15.8. The molecule has 14 atom stereocenters. The summed E-state index contributed by atoms with van der Waals surface area (Å²) in [7, 11) is 3.91. The molecule has 0 spiro atoms. The molecule has 9 rings (SSSR count). The first kappa shape index (κ1) is 104. The molecule has 6 heterocycles. The number of rotatable bonds is 26. The second kappa shape index (κ2) is 50.0. The van der Waals surface area contributed by atoms with Gasteiger partial charge in [0.05, 0.1) is 25.9 Å². The van der Waals surface area contributed by atoms with Crippen LogP contribution < -0.4 is 75.7 Å². The Bertz CT molecular complexity index is 5250. The lowest BCUT2D eigenvalue weighted by molar-refractivity contribution is -0.149. The highest BCUT2D eigenvalue weighted by atomic mass is 16.3. The van der Waals surface area contributed by atoms with Crippen molar-refractivity contribution in [1.29, 1.82) is 5.41 Å².